The summed E-state index contributed by atoms with van der Waals surface area (Å²) in [6, 6.07) is 9.65. The molecule has 39 heavy (non-hydrogen) atoms. The number of nitrogens with zero attached hydrogens (tertiary/aromatic N) is 2. The van der Waals surface area contributed by atoms with E-state index in [0.717, 1.165) is 23.7 Å². The van der Waals surface area contributed by atoms with Gasteiger partial charge in [0.1, 0.15) is 5.82 Å². The molecular formula is C29H38F4N4O2. The SMILES string of the molecule is CCCCCC(C)c1ccc(C)c(C#N)c1.O=C(NCCN1CCC(O)C1)Nc1cc(F)cc(C(F)(F)F)c1. The van der Waals surface area contributed by atoms with Crippen LogP contribution in [0.2, 0.25) is 0 Å². The highest BCUT2D eigenvalue weighted by atomic mass is 19.4. The number of hydrogen-bond donors (Lipinski definition) is 3. The average Bonchev–Trinajstić information content (AvgIpc) is 3.28. The van der Waals surface area contributed by atoms with Crippen molar-refractivity contribution in [2.75, 3.05) is 31.5 Å². The molecule has 214 valence electrons. The van der Waals surface area contributed by atoms with Gasteiger partial charge < -0.3 is 15.7 Å². The smallest absolute Gasteiger partial charge is 0.392 e. The third-order valence-electron chi connectivity index (χ3n) is 6.64. The van der Waals surface area contributed by atoms with Crippen LogP contribution in [0.5, 0.6) is 0 Å². The molecule has 2 atom stereocenters. The van der Waals surface area contributed by atoms with Gasteiger partial charge in [0, 0.05) is 31.9 Å². The maximum absolute atomic E-state index is 13.2. The Morgan fingerprint density at radius 1 is 1.23 bits per heavy atom. The van der Waals surface area contributed by atoms with Crippen LogP contribution in [-0.4, -0.2) is 48.3 Å². The quantitative estimate of drug-likeness (QED) is 0.243. The number of alkyl halides is 3. The van der Waals surface area contributed by atoms with Crippen LogP contribution in [-0.2, 0) is 6.18 Å². The van der Waals surface area contributed by atoms with Gasteiger partial charge in [-0.05, 0) is 61.1 Å². The minimum Gasteiger partial charge on any atom is -0.392 e. The number of rotatable bonds is 9. The maximum atomic E-state index is 13.2. The molecule has 1 aliphatic heterocycles. The van der Waals surface area contributed by atoms with Crippen LogP contribution in [0.4, 0.5) is 28.0 Å². The lowest BCUT2D eigenvalue weighted by Crippen LogP contribution is -2.36. The number of nitrogens with one attached hydrogen (secondary N) is 2. The second kappa shape index (κ2) is 15.4. The Balaban J connectivity index is 0.000000293. The van der Waals surface area contributed by atoms with Crippen molar-refractivity contribution in [1.82, 2.24) is 10.2 Å². The largest absolute Gasteiger partial charge is 0.416 e. The lowest BCUT2D eigenvalue weighted by molar-refractivity contribution is -0.137. The van der Waals surface area contributed by atoms with Crippen LogP contribution in [0.1, 0.15) is 74.1 Å². The Morgan fingerprint density at radius 3 is 2.59 bits per heavy atom. The number of aliphatic hydroxyl groups is 1. The Bertz CT molecular complexity index is 1120. The molecule has 3 rings (SSSR count). The normalized spacial score (nSPS) is 16.1. The number of halogens is 4. The summed E-state index contributed by atoms with van der Waals surface area (Å²) in [5.41, 5.74) is 1.76. The highest BCUT2D eigenvalue weighted by Crippen LogP contribution is 2.31. The molecule has 2 unspecified atom stereocenters. The Kier molecular flexibility index (Phi) is 12.7. The van der Waals surface area contributed by atoms with E-state index in [2.05, 4.69) is 42.7 Å². The van der Waals surface area contributed by atoms with Gasteiger partial charge in [-0.2, -0.15) is 18.4 Å². The van der Waals surface area contributed by atoms with E-state index in [-0.39, 0.29) is 18.3 Å². The minimum atomic E-state index is -4.69. The van der Waals surface area contributed by atoms with E-state index >= 15 is 0 Å². The molecule has 10 heteroatoms. The number of carbonyl (C=O) groups is 1. The van der Waals surface area contributed by atoms with E-state index in [1.165, 1.54) is 31.2 Å². The van der Waals surface area contributed by atoms with Crippen LogP contribution in [0.15, 0.2) is 36.4 Å². The number of aliphatic hydroxyl groups excluding tert-OH is 1. The zero-order chi connectivity index (χ0) is 29.0. The predicted octanol–water partition coefficient (Wildman–Crippen LogP) is 6.58. The summed E-state index contributed by atoms with van der Waals surface area (Å²) < 4.78 is 50.9. The predicted molar refractivity (Wildman–Crippen MR) is 144 cm³/mol. The van der Waals surface area contributed by atoms with Gasteiger partial charge in [-0.1, -0.05) is 45.2 Å². The lowest BCUT2D eigenvalue weighted by Gasteiger charge is -2.15. The van der Waals surface area contributed by atoms with Gasteiger partial charge in [0.25, 0.3) is 0 Å². The molecule has 1 heterocycles. The molecule has 2 aromatic rings. The van der Waals surface area contributed by atoms with Crippen LogP contribution >= 0.6 is 0 Å². The molecular weight excluding hydrogens is 512 g/mol. The summed E-state index contributed by atoms with van der Waals surface area (Å²) in [6.07, 6.45) is 0.707. The average molecular weight is 551 g/mol. The monoisotopic (exact) mass is 550 g/mol. The standard InChI is InChI=1S/C15H21N.C14H17F4N3O2/c1-4-5-6-7-12(2)14-9-8-13(3)15(10-14)11-16;15-10-5-9(14(16,17)18)6-11(7-10)20-13(23)19-2-4-21-3-1-12(22)8-21/h8-10,12H,4-7H2,1-3H3;5-7,12,22H,1-4,8H2,(H2,19,20,23). The Hall–Kier alpha value is -3.16. The van der Waals surface area contributed by atoms with Crippen molar-refractivity contribution in [3.63, 3.8) is 0 Å². The van der Waals surface area contributed by atoms with Crippen molar-refractivity contribution in [1.29, 1.82) is 5.26 Å². The molecule has 0 radical (unpaired) electrons. The Morgan fingerprint density at radius 2 is 1.97 bits per heavy atom. The summed E-state index contributed by atoms with van der Waals surface area (Å²) in [4.78, 5) is 13.6. The number of unbranched alkanes of at least 4 members (excludes halogenated alkanes) is 2. The fourth-order valence-electron chi connectivity index (χ4n) is 4.28. The second-order valence-corrected chi connectivity index (χ2v) is 9.93. The maximum Gasteiger partial charge on any atom is 0.416 e. The van der Waals surface area contributed by atoms with Crippen molar-refractivity contribution in [2.45, 2.75) is 71.1 Å². The van der Waals surface area contributed by atoms with Gasteiger partial charge in [-0.3, -0.25) is 4.90 Å². The zero-order valence-corrected chi connectivity index (χ0v) is 22.7. The van der Waals surface area contributed by atoms with Crippen molar-refractivity contribution < 1.29 is 27.5 Å². The van der Waals surface area contributed by atoms with Gasteiger partial charge in [0.15, 0.2) is 0 Å². The van der Waals surface area contributed by atoms with Crippen LogP contribution in [0.3, 0.4) is 0 Å². The van der Waals surface area contributed by atoms with Crippen LogP contribution < -0.4 is 10.6 Å². The molecule has 2 amide bonds. The lowest BCUT2D eigenvalue weighted by atomic mass is 9.92. The van der Waals surface area contributed by atoms with E-state index in [0.29, 0.717) is 37.6 Å². The molecule has 2 aromatic carbocycles. The summed E-state index contributed by atoms with van der Waals surface area (Å²) >= 11 is 0. The zero-order valence-electron chi connectivity index (χ0n) is 22.7. The summed E-state index contributed by atoms with van der Waals surface area (Å²) in [7, 11) is 0. The van der Waals surface area contributed by atoms with E-state index in [9.17, 15) is 27.5 Å². The van der Waals surface area contributed by atoms with Crippen LogP contribution in [0.25, 0.3) is 0 Å². The summed E-state index contributed by atoms with van der Waals surface area (Å²) in [5.74, 6) is -0.513. The van der Waals surface area contributed by atoms with Gasteiger partial charge in [-0.25, -0.2) is 9.18 Å². The number of carbonyl (C=O) groups excluding carboxylic acids is 1. The third kappa shape index (κ3) is 11.2. The molecule has 0 aliphatic carbocycles. The molecule has 0 saturated carbocycles. The number of urea groups is 1. The second-order valence-electron chi connectivity index (χ2n) is 9.93. The number of amides is 2. The first kappa shape index (κ1) is 32.1. The van der Waals surface area contributed by atoms with Gasteiger partial charge in [0.2, 0.25) is 0 Å². The number of hydrogen-bond acceptors (Lipinski definition) is 4. The number of benzene rings is 2. The van der Waals surface area contributed by atoms with E-state index in [1.807, 2.05) is 17.9 Å². The van der Waals surface area contributed by atoms with Crippen molar-refractivity contribution in [3.05, 3.63) is 64.5 Å². The van der Waals surface area contributed by atoms with E-state index < -0.39 is 23.6 Å². The number of β-amino-alcohol motifs (C(OH)–C–C–N with tert-alkyl or cyclic N) is 1. The first-order chi connectivity index (χ1) is 18.4. The van der Waals surface area contributed by atoms with Crippen molar-refractivity contribution in [2.24, 2.45) is 0 Å². The van der Waals surface area contributed by atoms with Gasteiger partial charge >= 0.3 is 12.2 Å². The number of anilines is 1. The highest BCUT2D eigenvalue weighted by molar-refractivity contribution is 5.89. The molecule has 0 spiro atoms. The first-order valence-corrected chi connectivity index (χ1v) is 13.3. The third-order valence-corrected chi connectivity index (χ3v) is 6.64. The van der Waals surface area contributed by atoms with Gasteiger partial charge in [0.05, 0.1) is 23.3 Å². The molecule has 0 bridgehead atoms. The topological polar surface area (TPSA) is 88.4 Å². The first-order valence-electron chi connectivity index (χ1n) is 13.3. The number of likely N-dealkylation sites (tertiary alicyclic amines) is 1. The Labute approximate surface area is 228 Å². The molecule has 3 N–H and O–H groups in total. The van der Waals surface area contributed by atoms with Crippen LogP contribution in [0, 0.1) is 24.1 Å². The summed E-state index contributed by atoms with van der Waals surface area (Å²) in [6.45, 7) is 8.50. The fraction of sp³-hybridized carbons (Fsp3) is 0.517. The molecule has 1 aliphatic rings. The van der Waals surface area contributed by atoms with E-state index in [1.54, 1.807) is 0 Å². The minimum absolute atomic E-state index is 0.264. The van der Waals surface area contributed by atoms with Gasteiger partial charge in [-0.15, -0.1) is 0 Å². The summed E-state index contributed by atoms with van der Waals surface area (Å²) in [5, 5.41) is 23.0. The number of aryl methyl sites for hydroxylation is 1. The molecule has 6 nitrogen and oxygen atoms in total. The van der Waals surface area contributed by atoms with Crippen molar-refractivity contribution >= 4 is 11.7 Å². The number of nitriles is 1. The van der Waals surface area contributed by atoms with E-state index in [4.69, 9.17) is 5.26 Å². The highest BCUT2D eigenvalue weighted by Gasteiger charge is 2.31. The van der Waals surface area contributed by atoms with Crippen molar-refractivity contribution in [3.8, 4) is 6.07 Å². The molecule has 1 saturated heterocycles. The fourth-order valence-corrected chi connectivity index (χ4v) is 4.28. The molecule has 0 aromatic heterocycles. The molecule has 1 fully saturated rings.